The number of hydrazine groups is 1. The molecule has 0 unspecified atom stereocenters. The number of amides is 2. The number of rotatable bonds is 5. The van der Waals surface area contributed by atoms with Gasteiger partial charge in [-0.1, -0.05) is 0 Å². The van der Waals surface area contributed by atoms with Gasteiger partial charge in [-0.25, -0.2) is 5.84 Å². The highest BCUT2D eigenvalue weighted by molar-refractivity contribution is 6.00. The molecule has 11 heteroatoms. The minimum absolute atomic E-state index is 0.398. The Bertz CT molecular complexity index is 586. The first-order valence-corrected chi connectivity index (χ1v) is 5.07. The highest BCUT2D eigenvalue weighted by Crippen LogP contribution is 2.24. The van der Waals surface area contributed by atoms with Gasteiger partial charge in [0, 0.05) is 6.07 Å². The summed E-state index contributed by atoms with van der Waals surface area (Å²) in [5, 5.41) is 23.4. The molecular formula is C9H9N5O6. The standard InChI is InChI=1S/C9H9N5O6/c10-12-8(15)4-11-9(16)6-2-1-5(13(17)18)3-7(6)14(19)20/h1-3H,4,10H2,(H,11,16)(H,12,15). The van der Waals surface area contributed by atoms with E-state index in [1.165, 1.54) is 0 Å². The summed E-state index contributed by atoms with van der Waals surface area (Å²) in [5.41, 5.74) is 0.107. The number of hydrogen-bond acceptors (Lipinski definition) is 7. The van der Waals surface area contributed by atoms with Gasteiger partial charge in [-0.15, -0.1) is 0 Å². The Kier molecular flexibility index (Phi) is 4.64. The number of nitrogens with one attached hydrogen (secondary N) is 2. The van der Waals surface area contributed by atoms with Crippen LogP contribution in [0.5, 0.6) is 0 Å². The van der Waals surface area contributed by atoms with Crippen molar-refractivity contribution in [1.29, 1.82) is 0 Å². The van der Waals surface area contributed by atoms with Gasteiger partial charge in [-0.2, -0.15) is 0 Å². The quantitative estimate of drug-likeness (QED) is 0.275. The molecule has 1 aromatic rings. The van der Waals surface area contributed by atoms with Crippen molar-refractivity contribution in [3.8, 4) is 0 Å². The van der Waals surface area contributed by atoms with Gasteiger partial charge in [0.1, 0.15) is 5.56 Å². The van der Waals surface area contributed by atoms with Gasteiger partial charge in [-0.3, -0.25) is 35.2 Å². The number of carbonyl (C=O) groups excluding carboxylic acids is 2. The van der Waals surface area contributed by atoms with E-state index >= 15 is 0 Å². The van der Waals surface area contributed by atoms with Gasteiger partial charge in [-0.05, 0) is 6.07 Å². The summed E-state index contributed by atoms with van der Waals surface area (Å²) in [7, 11) is 0. The van der Waals surface area contributed by atoms with Crippen LogP contribution in [-0.4, -0.2) is 28.2 Å². The molecule has 11 nitrogen and oxygen atoms in total. The normalized spacial score (nSPS) is 9.65. The zero-order valence-corrected chi connectivity index (χ0v) is 9.86. The van der Waals surface area contributed by atoms with Crippen molar-refractivity contribution in [2.45, 2.75) is 0 Å². The zero-order valence-electron chi connectivity index (χ0n) is 9.86. The van der Waals surface area contributed by atoms with Crippen molar-refractivity contribution in [3.05, 3.63) is 44.0 Å². The number of nitro groups is 2. The van der Waals surface area contributed by atoms with Crippen molar-refractivity contribution >= 4 is 23.2 Å². The maximum Gasteiger partial charge on any atom is 0.289 e. The Balaban J connectivity index is 3.05. The van der Waals surface area contributed by atoms with Crippen LogP contribution in [0.25, 0.3) is 0 Å². The molecular weight excluding hydrogens is 274 g/mol. The maximum absolute atomic E-state index is 11.7. The predicted octanol–water partition coefficient (Wildman–Crippen LogP) is -0.777. The number of benzene rings is 1. The highest BCUT2D eigenvalue weighted by atomic mass is 16.6. The fraction of sp³-hybridized carbons (Fsp3) is 0.111. The lowest BCUT2D eigenvalue weighted by atomic mass is 10.1. The van der Waals surface area contributed by atoms with Crippen LogP contribution in [0.1, 0.15) is 10.4 Å². The van der Waals surface area contributed by atoms with Crippen molar-refractivity contribution in [2.75, 3.05) is 6.54 Å². The molecule has 0 saturated heterocycles. The number of non-ortho nitro benzene ring substituents is 1. The van der Waals surface area contributed by atoms with Gasteiger partial charge in [0.15, 0.2) is 0 Å². The fourth-order valence-electron chi connectivity index (χ4n) is 1.28. The second-order valence-electron chi connectivity index (χ2n) is 3.47. The molecule has 0 bridgehead atoms. The monoisotopic (exact) mass is 283 g/mol. The van der Waals surface area contributed by atoms with Gasteiger partial charge in [0.05, 0.1) is 22.5 Å². The molecule has 0 atom stereocenters. The Hall–Kier alpha value is -3.08. The molecule has 0 aliphatic carbocycles. The molecule has 0 fully saturated rings. The van der Waals surface area contributed by atoms with Crippen LogP contribution in [0.2, 0.25) is 0 Å². The average molecular weight is 283 g/mol. The molecule has 0 heterocycles. The van der Waals surface area contributed by atoms with Crippen LogP contribution in [-0.2, 0) is 4.79 Å². The van der Waals surface area contributed by atoms with Crippen LogP contribution in [0.4, 0.5) is 11.4 Å². The Morgan fingerprint density at radius 2 is 1.85 bits per heavy atom. The van der Waals surface area contributed by atoms with Crippen LogP contribution >= 0.6 is 0 Å². The smallest absolute Gasteiger partial charge is 0.289 e. The third-order valence-electron chi connectivity index (χ3n) is 2.20. The predicted molar refractivity (Wildman–Crippen MR) is 64.4 cm³/mol. The molecule has 0 aromatic heterocycles. The van der Waals surface area contributed by atoms with E-state index in [2.05, 4.69) is 5.32 Å². The first-order chi connectivity index (χ1) is 9.36. The second kappa shape index (κ2) is 6.19. The van der Waals surface area contributed by atoms with Crippen molar-refractivity contribution < 1.29 is 19.4 Å². The van der Waals surface area contributed by atoms with Crippen molar-refractivity contribution in [3.63, 3.8) is 0 Å². The molecule has 0 radical (unpaired) electrons. The Morgan fingerprint density at radius 3 is 2.35 bits per heavy atom. The molecule has 2 amide bonds. The third kappa shape index (κ3) is 3.46. The summed E-state index contributed by atoms with van der Waals surface area (Å²) in [6.07, 6.45) is 0. The maximum atomic E-state index is 11.7. The summed E-state index contributed by atoms with van der Waals surface area (Å²) in [6, 6.07) is 2.55. The van der Waals surface area contributed by atoms with Gasteiger partial charge in [0.25, 0.3) is 23.2 Å². The van der Waals surface area contributed by atoms with E-state index in [1.807, 2.05) is 0 Å². The molecule has 4 N–H and O–H groups in total. The zero-order chi connectivity index (χ0) is 15.3. The molecule has 1 rings (SSSR count). The summed E-state index contributed by atoms with van der Waals surface area (Å²) in [6.45, 7) is -0.483. The third-order valence-corrected chi connectivity index (χ3v) is 2.20. The van der Waals surface area contributed by atoms with E-state index in [1.54, 1.807) is 5.43 Å². The highest BCUT2D eigenvalue weighted by Gasteiger charge is 2.24. The van der Waals surface area contributed by atoms with E-state index in [0.717, 1.165) is 12.1 Å². The van der Waals surface area contributed by atoms with E-state index in [-0.39, 0.29) is 0 Å². The van der Waals surface area contributed by atoms with Gasteiger partial charge < -0.3 is 5.32 Å². The number of hydrogen-bond donors (Lipinski definition) is 3. The minimum Gasteiger partial charge on any atom is -0.343 e. The Labute approximate surface area is 111 Å². The summed E-state index contributed by atoms with van der Waals surface area (Å²) < 4.78 is 0. The summed E-state index contributed by atoms with van der Waals surface area (Å²) >= 11 is 0. The molecule has 0 spiro atoms. The van der Waals surface area contributed by atoms with E-state index in [0.29, 0.717) is 6.07 Å². The first kappa shape index (κ1) is 15.0. The van der Waals surface area contributed by atoms with Gasteiger partial charge in [0.2, 0.25) is 0 Å². The van der Waals surface area contributed by atoms with E-state index in [4.69, 9.17) is 5.84 Å². The summed E-state index contributed by atoms with van der Waals surface area (Å²) in [4.78, 5) is 42.1. The largest absolute Gasteiger partial charge is 0.343 e. The molecule has 0 aliphatic rings. The lowest BCUT2D eigenvalue weighted by molar-refractivity contribution is -0.394. The SMILES string of the molecule is NNC(=O)CNC(=O)c1ccc([N+](=O)[O-])cc1[N+](=O)[O-]. The van der Waals surface area contributed by atoms with Crippen molar-refractivity contribution in [1.82, 2.24) is 10.7 Å². The Morgan fingerprint density at radius 1 is 1.20 bits per heavy atom. The minimum atomic E-state index is -0.926. The molecule has 20 heavy (non-hydrogen) atoms. The molecule has 0 aliphatic heterocycles. The van der Waals surface area contributed by atoms with Crippen LogP contribution in [0.3, 0.4) is 0 Å². The molecule has 0 saturated carbocycles. The second-order valence-corrected chi connectivity index (χ2v) is 3.47. The lowest BCUT2D eigenvalue weighted by Gasteiger charge is -2.04. The first-order valence-electron chi connectivity index (χ1n) is 5.07. The van der Waals surface area contributed by atoms with Crippen LogP contribution in [0.15, 0.2) is 18.2 Å². The number of nitrogens with two attached hydrogens (primary N) is 1. The average Bonchev–Trinajstić information content (AvgIpc) is 2.43. The summed E-state index contributed by atoms with van der Waals surface area (Å²) in [5.74, 6) is 3.17. The topological polar surface area (TPSA) is 170 Å². The van der Waals surface area contributed by atoms with E-state index < -0.39 is 45.1 Å². The number of nitrogens with zero attached hydrogens (tertiary/aromatic N) is 2. The molecule has 106 valence electrons. The van der Waals surface area contributed by atoms with E-state index in [9.17, 15) is 29.8 Å². The van der Waals surface area contributed by atoms with Gasteiger partial charge >= 0.3 is 0 Å². The van der Waals surface area contributed by atoms with Crippen LogP contribution < -0.4 is 16.6 Å². The molecule has 1 aromatic carbocycles. The van der Waals surface area contributed by atoms with Crippen LogP contribution in [0, 0.1) is 20.2 Å². The lowest BCUT2D eigenvalue weighted by Crippen LogP contribution is -2.40. The fourth-order valence-corrected chi connectivity index (χ4v) is 1.28. The van der Waals surface area contributed by atoms with Crippen molar-refractivity contribution in [2.24, 2.45) is 5.84 Å². The number of carbonyl (C=O) groups is 2. The number of nitro benzene ring substituents is 2.